The standard InChI is InChI=1S/C17H14ClFN2O3S/c1-12(22)21-14-6-4-13(5-7-14)3-2-10-20-25(23,24)15-8-9-17(19)16(18)11-15/h4-9,11,20H,10H2,1H3,(H,21,22). The highest BCUT2D eigenvalue weighted by atomic mass is 35.5. The number of rotatable bonds is 4. The first-order valence-electron chi connectivity index (χ1n) is 7.09. The van der Waals surface area contributed by atoms with E-state index in [0.717, 1.165) is 18.2 Å². The van der Waals surface area contributed by atoms with Crippen LogP contribution in [0.5, 0.6) is 0 Å². The topological polar surface area (TPSA) is 75.3 Å². The Kier molecular flexibility index (Phi) is 6.15. The van der Waals surface area contributed by atoms with Crippen LogP contribution < -0.4 is 10.0 Å². The molecule has 2 aromatic rings. The summed E-state index contributed by atoms with van der Waals surface area (Å²) in [5.41, 5.74) is 1.31. The zero-order chi connectivity index (χ0) is 18.4. The van der Waals surface area contributed by atoms with Crippen LogP contribution >= 0.6 is 11.6 Å². The molecule has 5 nitrogen and oxygen atoms in total. The van der Waals surface area contributed by atoms with Gasteiger partial charge in [0.1, 0.15) is 5.82 Å². The van der Waals surface area contributed by atoms with Gasteiger partial charge in [0.2, 0.25) is 15.9 Å². The van der Waals surface area contributed by atoms with Crippen LogP contribution in [-0.2, 0) is 14.8 Å². The SMILES string of the molecule is CC(=O)Nc1ccc(C#CCNS(=O)(=O)c2ccc(F)c(Cl)c2)cc1. The third kappa shape index (κ3) is 5.57. The van der Waals surface area contributed by atoms with E-state index in [4.69, 9.17) is 11.6 Å². The third-order valence-corrected chi connectivity index (χ3v) is 4.68. The van der Waals surface area contributed by atoms with E-state index in [-0.39, 0.29) is 22.4 Å². The lowest BCUT2D eigenvalue weighted by Gasteiger charge is -2.04. The molecule has 0 radical (unpaired) electrons. The minimum absolute atomic E-state index is 0.120. The van der Waals surface area contributed by atoms with Gasteiger partial charge in [0.15, 0.2) is 0 Å². The normalized spacial score (nSPS) is 10.7. The predicted octanol–water partition coefficient (Wildman–Crippen LogP) is 2.77. The van der Waals surface area contributed by atoms with E-state index in [1.165, 1.54) is 6.92 Å². The van der Waals surface area contributed by atoms with E-state index in [1.807, 2.05) is 0 Å². The predicted molar refractivity (Wildman–Crippen MR) is 94.2 cm³/mol. The summed E-state index contributed by atoms with van der Waals surface area (Å²) in [4.78, 5) is 10.8. The molecule has 1 amide bonds. The van der Waals surface area contributed by atoms with E-state index in [1.54, 1.807) is 24.3 Å². The smallest absolute Gasteiger partial charge is 0.241 e. The Morgan fingerprint density at radius 2 is 1.88 bits per heavy atom. The third-order valence-electron chi connectivity index (χ3n) is 2.99. The fourth-order valence-electron chi connectivity index (χ4n) is 1.84. The van der Waals surface area contributed by atoms with Gasteiger partial charge in [-0.25, -0.2) is 12.8 Å². The maximum atomic E-state index is 13.1. The molecule has 0 aliphatic rings. The largest absolute Gasteiger partial charge is 0.326 e. The molecule has 0 aromatic heterocycles. The molecule has 2 rings (SSSR count). The molecule has 0 unspecified atom stereocenters. The van der Waals surface area contributed by atoms with Crippen LogP contribution in [0, 0.1) is 17.7 Å². The quantitative estimate of drug-likeness (QED) is 0.801. The Morgan fingerprint density at radius 1 is 1.20 bits per heavy atom. The van der Waals surface area contributed by atoms with Crippen molar-refractivity contribution in [3.63, 3.8) is 0 Å². The number of sulfonamides is 1. The van der Waals surface area contributed by atoms with Gasteiger partial charge in [0, 0.05) is 18.2 Å². The van der Waals surface area contributed by atoms with Crippen molar-refractivity contribution in [2.24, 2.45) is 0 Å². The van der Waals surface area contributed by atoms with Gasteiger partial charge in [0.25, 0.3) is 0 Å². The molecule has 0 aliphatic carbocycles. The van der Waals surface area contributed by atoms with Gasteiger partial charge < -0.3 is 5.32 Å². The molecule has 0 spiro atoms. The molecule has 0 bridgehead atoms. The Hall–Kier alpha value is -2.40. The summed E-state index contributed by atoms with van der Waals surface area (Å²) >= 11 is 5.58. The van der Waals surface area contributed by atoms with Crippen LogP contribution in [0.1, 0.15) is 12.5 Å². The van der Waals surface area contributed by atoms with Gasteiger partial charge in [0.05, 0.1) is 16.5 Å². The summed E-state index contributed by atoms with van der Waals surface area (Å²) < 4.78 is 39.5. The van der Waals surface area contributed by atoms with Gasteiger partial charge in [-0.05, 0) is 42.5 Å². The molecule has 0 heterocycles. The Labute approximate surface area is 150 Å². The molecule has 0 saturated carbocycles. The molecule has 0 aliphatic heterocycles. The lowest BCUT2D eigenvalue weighted by atomic mass is 10.2. The van der Waals surface area contributed by atoms with Crippen LogP contribution in [0.2, 0.25) is 5.02 Å². The maximum Gasteiger partial charge on any atom is 0.241 e. The first-order valence-corrected chi connectivity index (χ1v) is 8.95. The highest BCUT2D eigenvalue weighted by Crippen LogP contribution is 2.19. The molecule has 25 heavy (non-hydrogen) atoms. The Bertz CT molecular complexity index is 948. The molecular weight excluding hydrogens is 367 g/mol. The zero-order valence-corrected chi connectivity index (χ0v) is 14.7. The van der Waals surface area contributed by atoms with E-state index in [9.17, 15) is 17.6 Å². The van der Waals surface area contributed by atoms with Gasteiger partial charge in [-0.1, -0.05) is 23.4 Å². The van der Waals surface area contributed by atoms with Crippen LogP contribution in [0.4, 0.5) is 10.1 Å². The van der Waals surface area contributed by atoms with E-state index in [2.05, 4.69) is 21.9 Å². The van der Waals surface area contributed by atoms with Crippen molar-refractivity contribution in [3.8, 4) is 11.8 Å². The molecule has 8 heteroatoms. The van der Waals surface area contributed by atoms with Crippen molar-refractivity contribution in [3.05, 3.63) is 58.9 Å². The van der Waals surface area contributed by atoms with Crippen molar-refractivity contribution < 1.29 is 17.6 Å². The fraction of sp³-hybridized carbons (Fsp3) is 0.118. The number of hydrogen-bond acceptors (Lipinski definition) is 3. The van der Waals surface area contributed by atoms with Gasteiger partial charge in [-0.3, -0.25) is 4.79 Å². The van der Waals surface area contributed by atoms with Gasteiger partial charge >= 0.3 is 0 Å². The van der Waals surface area contributed by atoms with Crippen LogP contribution in [0.15, 0.2) is 47.4 Å². The number of carbonyl (C=O) groups excluding carboxylic acids is 1. The zero-order valence-electron chi connectivity index (χ0n) is 13.1. The Balaban J connectivity index is 1.99. The van der Waals surface area contributed by atoms with Crippen molar-refractivity contribution >= 4 is 33.2 Å². The molecule has 2 aromatic carbocycles. The highest BCUT2D eigenvalue weighted by Gasteiger charge is 2.14. The second-order valence-electron chi connectivity index (χ2n) is 4.96. The van der Waals surface area contributed by atoms with Crippen molar-refractivity contribution in [1.82, 2.24) is 4.72 Å². The molecule has 0 atom stereocenters. The first-order chi connectivity index (χ1) is 11.8. The minimum Gasteiger partial charge on any atom is -0.326 e. The average molecular weight is 381 g/mol. The van der Waals surface area contributed by atoms with Crippen LogP contribution in [0.3, 0.4) is 0 Å². The molecule has 0 fully saturated rings. The van der Waals surface area contributed by atoms with Crippen LogP contribution in [-0.4, -0.2) is 20.9 Å². The molecule has 2 N–H and O–H groups in total. The summed E-state index contributed by atoms with van der Waals surface area (Å²) in [7, 11) is -3.83. The van der Waals surface area contributed by atoms with Gasteiger partial charge in [-0.15, -0.1) is 0 Å². The monoisotopic (exact) mass is 380 g/mol. The summed E-state index contributed by atoms with van der Waals surface area (Å²) in [6.07, 6.45) is 0. The second kappa shape index (κ2) is 8.12. The number of carbonyl (C=O) groups is 1. The lowest BCUT2D eigenvalue weighted by Crippen LogP contribution is -2.24. The van der Waals surface area contributed by atoms with Crippen molar-refractivity contribution in [1.29, 1.82) is 0 Å². The number of amides is 1. The maximum absolute atomic E-state index is 13.1. The molecular formula is C17H14ClFN2O3S. The number of hydrogen-bond donors (Lipinski definition) is 2. The van der Waals surface area contributed by atoms with E-state index < -0.39 is 15.8 Å². The fourth-order valence-corrected chi connectivity index (χ4v) is 3.04. The summed E-state index contributed by atoms with van der Waals surface area (Å²) in [5, 5.41) is 2.36. The minimum atomic E-state index is -3.83. The first kappa shape index (κ1) is 18.9. The molecule has 130 valence electrons. The van der Waals surface area contributed by atoms with E-state index in [0.29, 0.717) is 11.3 Å². The lowest BCUT2D eigenvalue weighted by molar-refractivity contribution is -0.114. The van der Waals surface area contributed by atoms with Gasteiger partial charge in [-0.2, -0.15) is 4.72 Å². The number of halogens is 2. The number of nitrogens with one attached hydrogen (secondary N) is 2. The van der Waals surface area contributed by atoms with Crippen molar-refractivity contribution in [2.75, 3.05) is 11.9 Å². The number of benzene rings is 2. The summed E-state index contributed by atoms with van der Waals surface area (Å²) in [6, 6.07) is 9.93. The number of anilines is 1. The second-order valence-corrected chi connectivity index (χ2v) is 7.13. The highest BCUT2D eigenvalue weighted by molar-refractivity contribution is 7.89. The average Bonchev–Trinajstić information content (AvgIpc) is 2.55. The Morgan fingerprint density at radius 3 is 2.48 bits per heavy atom. The van der Waals surface area contributed by atoms with E-state index >= 15 is 0 Å². The summed E-state index contributed by atoms with van der Waals surface area (Å²) in [6.45, 7) is 1.29. The van der Waals surface area contributed by atoms with Crippen LogP contribution in [0.25, 0.3) is 0 Å². The van der Waals surface area contributed by atoms with Crippen molar-refractivity contribution in [2.45, 2.75) is 11.8 Å². The summed E-state index contributed by atoms with van der Waals surface area (Å²) in [5.74, 6) is 4.61. The molecule has 0 saturated heterocycles.